The number of pyridine rings is 1. The third-order valence-corrected chi connectivity index (χ3v) is 1.74. The van der Waals surface area contributed by atoms with Crippen LogP contribution in [0.1, 0.15) is 31.2 Å². The van der Waals surface area contributed by atoms with Gasteiger partial charge >= 0.3 is 5.97 Å². The van der Waals surface area contributed by atoms with Crippen LogP contribution in [0.3, 0.4) is 0 Å². The number of esters is 1. The van der Waals surface area contributed by atoms with Crippen molar-refractivity contribution >= 4 is 17.9 Å². The van der Waals surface area contributed by atoms with Crippen molar-refractivity contribution < 1.29 is 29.3 Å². The van der Waals surface area contributed by atoms with Gasteiger partial charge < -0.3 is 24.5 Å². The van der Waals surface area contributed by atoms with E-state index in [1.54, 1.807) is 0 Å². The smallest absolute Gasteiger partial charge is 0.338 e. The molecule has 0 aromatic carbocycles. The molecule has 0 amide bonds. The predicted octanol–water partition coefficient (Wildman–Crippen LogP) is -2.40. The quantitative estimate of drug-likeness (QED) is 0.523. The van der Waals surface area contributed by atoms with Crippen molar-refractivity contribution in [2.24, 2.45) is 0 Å². The largest absolute Gasteiger partial charge is 0.545 e. The molecule has 0 fully saturated rings. The van der Waals surface area contributed by atoms with Gasteiger partial charge in [-0.3, -0.25) is 4.98 Å². The van der Waals surface area contributed by atoms with Gasteiger partial charge in [0.2, 0.25) is 0 Å². The number of aromatic carboxylic acids is 2. The maximum Gasteiger partial charge on any atom is 0.338 e. The highest BCUT2D eigenvalue weighted by molar-refractivity contribution is 6.02. The van der Waals surface area contributed by atoms with E-state index in [4.69, 9.17) is 0 Å². The second kappa shape index (κ2) is 4.39. The molecule has 0 saturated heterocycles. The average Bonchev–Trinajstić information content (AvgIpc) is 2.26. The first-order valence-corrected chi connectivity index (χ1v) is 3.98. The SMILES string of the molecule is COC(=O)c1cc(C(=O)[O-])ncc1C(=O)[O-]. The van der Waals surface area contributed by atoms with Gasteiger partial charge in [0.15, 0.2) is 0 Å². The molecule has 0 aliphatic heterocycles. The van der Waals surface area contributed by atoms with Gasteiger partial charge in [-0.25, -0.2) is 4.79 Å². The maximum absolute atomic E-state index is 11.2. The van der Waals surface area contributed by atoms with Crippen LogP contribution >= 0.6 is 0 Å². The number of carbonyl (C=O) groups excluding carboxylic acids is 3. The number of ether oxygens (including phenoxy) is 1. The molecule has 1 heterocycles. The molecular weight excluding hydrogens is 218 g/mol. The zero-order chi connectivity index (χ0) is 12.3. The number of hydrogen-bond acceptors (Lipinski definition) is 7. The van der Waals surface area contributed by atoms with Gasteiger partial charge in [-0.2, -0.15) is 0 Å². The Hall–Kier alpha value is -2.44. The lowest BCUT2D eigenvalue weighted by Gasteiger charge is -2.10. The molecule has 0 bridgehead atoms. The molecule has 1 aromatic heterocycles. The van der Waals surface area contributed by atoms with Gasteiger partial charge in [0.25, 0.3) is 0 Å². The molecule has 7 heteroatoms. The summed E-state index contributed by atoms with van der Waals surface area (Å²) in [4.78, 5) is 35.5. The Morgan fingerprint density at radius 1 is 1.19 bits per heavy atom. The molecule has 0 atom stereocenters. The second-order valence-corrected chi connectivity index (χ2v) is 2.68. The molecule has 16 heavy (non-hydrogen) atoms. The van der Waals surface area contributed by atoms with E-state index >= 15 is 0 Å². The number of rotatable bonds is 3. The highest BCUT2D eigenvalue weighted by Crippen LogP contribution is 2.10. The lowest BCUT2D eigenvalue weighted by molar-refractivity contribution is -0.257. The van der Waals surface area contributed by atoms with Crippen molar-refractivity contribution in [2.45, 2.75) is 0 Å². The van der Waals surface area contributed by atoms with Crippen molar-refractivity contribution in [2.75, 3.05) is 7.11 Å². The lowest BCUT2D eigenvalue weighted by atomic mass is 10.1. The van der Waals surface area contributed by atoms with E-state index in [1.807, 2.05) is 0 Å². The summed E-state index contributed by atoms with van der Waals surface area (Å²) in [6, 6.07) is 0.756. The lowest BCUT2D eigenvalue weighted by Crippen LogP contribution is -2.28. The van der Waals surface area contributed by atoms with Crippen molar-refractivity contribution in [1.82, 2.24) is 4.98 Å². The van der Waals surface area contributed by atoms with Gasteiger partial charge in [-0.15, -0.1) is 0 Å². The summed E-state index contributed by atoms with van der Waals surface area (Å²) < 4.78 is 4.29. The fraction of sp³-hybridized carbons (Fsp3) is 0.111. The van der Waals surface area contributed by atoms with Gasteiger partial charge in [0.1, 0.15) is 0 Å². The molecule has 1 rings (SSSR count). The molecule has 7 nitrogen and oxygen atoms in total. The van der Waals surface area contributed by atoms with E-state index in [9.17, 15) is 24.6 Å². The van der Waals surface area contributed by atoms with Crippen LogP contribution in [0, 0.1) is 0 Å². The van der Waals surface area contributed by atoms with Crippen LogP contribution in [0.25, 0.3) is 0 Å². The monoisotopic (exact) mass is 223 g/mol. The molecule has 84 valence electrons. The zero-order valence-electron chi connectivity index (χ0n) is 8.05. The Bertz CT molecular complexity index is 467. The van der Waals surface area contributed by atoms with Crippen LogP contribution in [0.2, 0.25) is 0 Å². The Balaban J connectivity index is 3.38. The summed E-state index contributed by atoms with van der Waals surface area (Å²) in [6.07, 6.45) is 0.701. The fourth-order valence-electron chi connectivity index (χ4n) is 1.01. The minimum atomic E-state index is -1.65. The molecule has 0 unspecified atom stereocenters. The van der Waals surface area contributed by atoms with E-state index in [1.165, 1.54) is 0 Å². The molecule has 0 saturated carbocycles. The first-order chi connectivity index (χ1) is 7.47. The Morgan fingerprint density at radius 2 is 1.81 bits per heavy atom. The van der Waals surface area contributed by atoms with E-state index < -0.39 is 34.7 Å². The van der Waals surface area contributed by atoms with Crippen molar-refractivity contribution in [3.8, 4) is 0 Å². The summed E-state index contributed by atoms with van der Waals surface area (Å²) in [5, 5.41) is 21.1. The number of carbonyl (C=O) groups is 3. The molecule has 0 aliphatic carbocycles. The third kappa shape index (κ3) is 2.14. The topological polar surface area (TPSA) is 119 Å². The van der Waals surface area contributed by atoms with Crippen molar-refractivity contribution in [1.29, 1.82) is 0 Å². The maximum atomic E-state index is 11.2. The fourth-order valence-corrected chi connectivity index (χ4v) is 1.01. The van der Waals surface area contributed by atoms with Crippen molar-refractivity contribution in [3.05, 3.63) is 29.1 Å². The van der Waals surface area contributed by atoms with Gasteiger partial charge in [-0.1, -0.05) is 0 Å². The molecule has 0 aliphatic rings. The van der Waals surface area contributed by atoms with Crippen molar-refractivity contribution in [3.63, 3.8) is 0 Å². The van der Waals surface area contributed by atoms with Crippen LogP contribution in [0.15, 0.2) is 12.3 Å². The van der Waals surface area contributed by atoms with E-state index in [-0.39, 0.29) is 0 Å². The van der Waals surface area contributed by atoms with Crippen LogP contribution < -0.4 is 10.2 Å². The number of carboxylic acid groups (broad SMARTS) is 2. The summed E-state index contributed by atoms with van der Waals surface area (Å²) in [7, 11) is 1.03. The van der Waals surface area contributed by atoms with Gasteiger partial charge in [0.05, 0.1) is 30.3 Å². The number of carboxylic acids is 2. The van der Waals surface area contributed by atoms with Crippen LogP contribution in [-0.2, 0) is 4.74 Å². The molecule has 0 radical (unpaired) electrons. The standard InChI is InChI=1S/C9H7NO6/c1-16-9(15)4-2-6(8(13)14)10-3-5(4)7(11)12/h2-3H,1H3,(H,11,12)(H,13,14)/p-2. The normalized spacial score (nSPS) is 9.56. The zero-order valence-corrected chi connectivity index (χ0v) is 8.05. The summed E-state index contributed by atoms with van der Waals surface area (Å²) in [6.45, 7) is 0. The molecule has 0 N–H and O–H groups in total. The summed E-state index contributed by atoms with van der Waals surface area (Å²) in [5.74, 6) is -4.28. The average molecular weight is 223 g/mol. The van der Waals surface area contributed by atoms with Gasteiger partial charge in [-0.05, 0) is 6.07 Å². The molecule has 1 aromatic rings. The van der Waals surface area contributed by atoms with E-state index in [2.05, 4.69) is 9.72 Å². The number of aromatic nitrogens is 1. The number of nitrogens with zero attached hydrogens (tertiary/aromatic N) is 1. The first kappa shape index (κ1) is 11.6. The van der Waals surface area contributed by atoms with Crippen LogP contribution in [-0.4, -0.2) is 30.0 Å². The van der Waals surface area contributed by atoms with Crippen LogP contribution in [0.4, 0.5) is 0 Å². The summed E-state index contributed by atoms with van der Waals surface area (Å²) in [5.41, 5.74) is -1.56. The third-order valence-electron chi connectivity index (χ3n) is 1.74. The molecular formula is C9H5NO6-2. The predicted molar refractivity (Wildman–Crippen MR) is 44.2 cm³/mol. The van der Waals surface area contributed by atoms with E-state index in [0.29, 0.717) is 6.20 Å². The minimum absolute atomic E-state index is 0.447. The first-order valence-electron chi connectivity index (χ1n) is 3.98. The second-order valence-electron chi connectivity index (χ2n) is 2.68. The van der Waals surface area contributed by atoms with E-state index in [0.717, 1.165) is 13.2 Å². The Morgan fingerprint density at radius 3 is 2.25 bits per heavy atom. The van der Waals surface area contributed by atoms with Gasteiger partial charge in [0, 0.05) is 11.8 Å². The summed E-state index contributed by atoms with van der Waals surface area (Å²) >= 11 is 0. The van der Waals surface area contributed by atoms with Crippen LogP contribution in [0.5, 0.6) is 0 Å². The Kier molecular flexibility index (Phi) is 3.19. The highest BCUT2D eigenvalue weighted by atomic mass is 16.5. The highest BCUT2D eigenvalue weighted by Gasteiger charge is 2.14. The minimum Gasteiger partial charge on any atom is -0.545 e. The molecule has 0 spiro atoms. The number of methoxy groups -OCH3 is 1. The number of hydrogen-bond donors (Lipinski definition) is 0. The Labute approximate surface area is 89.3 Å².